The maximum absolute atomic E-state index is 12.5. The molecule has 1 fully saturated rings. The van der Waals surface area contributed by atoms with Crippen molar-refractivity contribution in [2.24, 2.45) is 5.92 Å². The van der Waals surface area contributed by atoms with Crippen LogP contribution in [0.15, 0.2) is 18.2 Å². The smallest absolute Gasteiger partial charge is 0.323 e. The van der Waals surface area contributed by atoms with Gasteiger partial charge in [0.05, 0.1) is 13.7 Å². The van der Waals surface area contributed by atoms with Crippen LogP contribution in [0.5, 0.6) is 11.5 Å². The van der Waals surface area contributed by atoms with Crippen LogP contribution < -0.4 is 14.8 Å². The Bertz CT molecular complexity index is 712. The highest BCUT2D eigenvalue weighted by Gasteiger charge is 2.42. The number of nitrogens with one attached hydrogen (secondary N) is 1. The normalized spacial score (nSPS) is 21.7. The summed E-state index contributed by atoms with van der Waals surface area (Å²) in [6.45, 7) is 8.14. The zero-order valence-electron chi connectivity index (χ0n) is 18.2. The molecule has 1 N–H and O–H groups in total. The van der Waals surface area contributed by atoms with Gasteiger partial charge in [-0.2, -0.15) is 0 Å². The van der Waals surface area contributed by atoms with Crippen molar-refractivity contribution < 1.29 is 28.5 Å². The molecule has 1 aromatic carbocycles. The molecule has 162 valence electrons. The molecule has 7 heteroatoms. The van der Waals surface area contributed by atoms with Crippen LogP contribution in [0.2, 0.25) is 0 Å². The van der Waals surface area contributed by atoms with Gasteiger partial charge in [0.2, 0.25) is 0 Å². The molecule has 1 aliphatic rings. The zero-order chi connectivity index (χ0) is 21.6. The Hall–Kier alpha value is -2.12. The second-order valence-corrected chi connectivity index (χ2v) is 8.29. The maximum atomic E-state index is 12.5. The number of carbonyl (C=O) groups is 2. The van der Waals surface area contributed by atoms with E-state index in [1.807, 2.05) is 39.0 Å². The number of hydrogen-bond acceptors (Lipinski definition) is 7. The van der Waals surface area contributed by atoms with Gasteiger partial charge in [0, 0.05) is 32.1 Å². The van der Waals surface area contributed by atoms with Crippen molar-refractivity contribution in [1.82, 2.24) is 5.32 Å². The third kappa shape index (κ3) is 6.44. The van der Waals surface area contributed by atoms with Gasteiger partial charge in [-0.25, -0.2) is 0 Å². The highest BCUT2D eigenvalue weighted by molar-refractivity contribution is 5.83. The average Bonchev–Trinajstić information content (AvgIpc) is 3.10. The van der Waals surface area contributed by atoms with E-state index in [0.29, 0.717) is 31.1 Å². The highest BCUT2D eigenvalue weighted by atomic mass is 16.6. The Labute approximate surface area is 173 Å². The summed E-state index contributed by atoms with van der Waals surface area (Å²) in [4.78, 5) is 24.8. The van der Waals surface area contributed by atoms with Crippen molar-refractivity contribution in [3.8, 4) is 11.5 Å². The quantitative estimate of drug-likeness (QED) is 0.497. The Morgan fingerprint density at radius 1 is 1.14 bits per heavy atom. The molecule has 0 unspecified atom stereocenters. The first-order valence-corrected chi connectivity index (χ1v) is 9.95. The minimum Gasteiger partial charge on any atom is -0.493 e. The van der Waals surface area contributed by atoms with Crippen LogP contribution in [0.1, 0.15) is 52.1 Å². The fraction of sp³-hybridized carbons (Fsp3) is 0.636. The molecule has 29 heavy (non-hydrogen) atoms. The van der Waals surface area contributed by atoms with E-state index < -0.39 is 11.6 Å². The fourth-order valence-corrected chi connectivity index (χ4v) is 3.44. The molecule has 0 radical (unpaired) electrons. The van der Waals surface area contributed by atoms with Crippen molar-refractivity contribution in [2.45, 2.75) is 58.2 Å². The van der Waals surface area contributed by atoms with E-state index in [9.17, 15) is 9.59 Å². The van der Waals surface area contributed by atoms with Crippen molar-refractivity contribution in [3.05, 3.63) is 23.8 Å². The summed E-state index contributed by atoms with van der Waals surface area (Å²) in [5.74, 6) is 0.600. The van der Waals surface area contributed by atoms with Crippen LogP contribution in [-0.2, 0) is 19.1 Å². The Morgan fingerprint density at radius 2 is 1.86 bits per heavy atom. The summed E-state index contributed by atoms with van der Waals surface area (Å²) in [7, 11) is 3.23. The van der Waals surface area contributed by atoms with E-state index in [0.717, 1.165) is 12.0 Å². The van der Waals surface area contributed by atoms with Crippen molar-refractivity contribution in [1.29, 1.82) is 0 Å². The molecule has 3 atom stereocenters. The summed E-state index contributed by atoms with van der Waals surface area (Å²) in [6.07, 6.45) is 1.16. The molecule has 1 heterocycles. The van der Waals surface area contributed by atoms with Crippen LogP contribution in [0.25, 0.3) is 0 Å². The van der Waals surface area contributed by atoms with Gasteiger partial charge in [-0.3, -0.25) is 14.9 Å². The molecule has 0 aromatic heterocycles. The largest absolute Gasteiger partial charge is 0.493 e. The first-order valence-electron chi connectivity index (χ1n) is 9.95. The van der Waals surface area contributed by atoms with Gasteiger partial charge in [0.15, 0.2) is 11.5 Å². The van der Waals surface area contributed by atoms with E-state index in [4.69, 9.17) is 18.9 Å². The SMILES string of the molecule is COCCCOc1cc([C@H]2N[C@@H](C(=O)OC(C)(C)C)C[C@H]2C(C)=O)ccc1OC. The summed E-state index contributed by atoms with van der Waals surface area (Å²) in [6, 6.07) is 4.77. The number of benzene rings is 1. The van der Waals surface area contributed by atoms with Gasteiger partial charge in [0.25, 0.3) is 0 Å². The summed E-state index contributed by atoms with van der Waals surface area (Å²) >= 11 is 0. The molecule has 7 nitrogen and oxygen atoms in total. The lowest BCUT2D eigenvalue weighted by Gasteiger charge is -2.23. The molecular weight excluding hydrogens is 374 g/mol. The van der Waals surface area contributed by atoms with E-state index in [1.54, 1.807) is 21.1 Å². The molecule has 0 spiro atoms. The molecule has 0 amide bonds. The first kappa shape index (κ1) is 23.2. The maximum Gasteiger partial charge on any atom is 0.323 e. The second-order valence-electron chi connectivity index (χ2n) is 8.29. The minimum absolute atomic E-state index is 0.0342. The molecular formula is C22H33NO6. The van der Waals surface area contributed by atoms with Gasteiger partial charge >= 0.3 is 5.97 Å². The summed E-state index contributed by atoms with van der Waals surface area (Å²) < 4.78 is 21.8. The monoisotopic (exact) mass is 407 g/mol. The van der Waals surface area contributed by atoms with Crippen molar-refractivity contribution in [2.75, 3.05) is 27.4 Å². The van der Waals surface area contributed by atoms with Crippen LogP contribution in [0, 0.1) is 5.92 Å². The highest BCUT2D eigenvalue weighted by Crippen LogP contribution is 2.38. The van der Waals surface area contributed by atoms with Gasteiger partial charge < -0.3 is 18.9 Å². The lowest BCUT2D eigenvalue weighted by atomic mass is 9.90. The molecule has 2 rings (SSSR count). The third-order valence-corrected chi connectivity index (χ3v) is 4.78. The molecule has 0 bridgehead atoms. The number of esters is 1. The molecule has 1 aromatic rings. The molecule has 0 saturated carbocycles. The Kier molecular flexibility index (Phi) is 8.05. The van der Waals surface area contributed by atoms with Crippen molar-refractivity contribution in [3.63, 3.8) is 0 Å². The van der Waals surface area contributed by atoms with Gasteiger partial charge in [-0.05, 0) is 51.8 Å². The van der Waals surface area contributed by atoms with Crippen molar-refractivity contribution >= 4 is 11.8 Å². The lowest BCUT2D eigenvalue weighted by Crippen LogP contribution is -2.38. The van der Waals surface area contributed by atoms with Gasteiger partial charge in [-0.15, -0.1) is 0 Å². The lowest BCUT2D eigenvalue weighted by molar-refractivity contribution is -0.157. The number of carbonyl (C=O) groups excluding carboxylic acids is 2. The standard InChI is InChI=1S/C22H33NO6/c1-14(24)16-13-17(21(25)29-22(2,3)4)23-20(16)15-8-9-18(27-6)19(12-15)28-11-7-10-26-5/h8-9,12,16-17,20,23H,7,10-11,13H2,1-6H3/t16-,17+,20+/m0/s1. The van der Waals surface area contributed by atoms with E-state index in [-0.39, 0.29) is 23.7 Å². The minimum atomic E-state index is -0.577. The average molecular weight is 408 g/mol. The number of ketones is 1. The predicted octanol–water partition coefficient (Wildman–Crippen LogP) is 3.06. The summed E-state index contributed by atoms with van der Waals surface area (Å²) in [5.41, 5.74) is 0.296. The number of hydrogen-bond donors (Lipinski definition) is 1. The van der Waals surface area contributed by atoms with Crippen LogP contribution >= 0.6 is 0 Å². The molecule has 1 saturated heterocycles. The van der Waals surface area contributed by atoms with Gasteiger partial charge in [-0.1, -0.05) is 6.07 Å². The number of ether oxygens (including phenoxy) is 4. The number of methoxy groups -OCH3 is 2. The van der Waals surface area contributed by atoms with E-state index in [1.165, 1.54) is 0 Å². The Balaban J connectivity index is 2.21. The van der Waals surface area contributed by atoms with Crippen LogP contribution in [0.4, 0.5) is 0 Å². The predicted molar refractivity (Wildman–Crippen MR) is 109 cm³/mol. The van der Waals surface area contributed by atoms with E-state index in [2.05, 4.69) is 5.32 Å². The number of rotatable bonds is 9. The first-order chi connectivity index (χ1) is 13.7. The van der Waals surface area contributed by atoms with Crippen LogP contribution in [0.3, 0.4) is 0 Å². The zero-order valence-corrected chi connectivity index (χ0v) is 18.2. The van der Waals surface area contributed by atoms with E-state index >= 15 is 0 Å². The Morgan fingerprint density at radius 3 is 2.45 bits per heavy atom. The second kappa shape index (κ2) is 10.1. The molecule has 0 aliphatic carbocycles. The molecule has 1 aliphatic heterocycles. The third-order valence-electron chi connectivity index (χ3n) is 4.78. The summed E-state index contributed by atoms with van der Waals surface area (Å²) in [5, 5.41) is 3.29. The van der Waals surface area contributed by atoms with Crippen LogP contribution in [-0.4, -0.2) is 50.8 Å². The van der Waals surface area contributed by atoms with Gasteiger partial charge in [0.1, 0.15) is 17.4 Å². The number of Topliss-reactive ketones (excluding diaryl/α,β-unsaturated/α-hetero) is 1. The topological polar surface area (TPSA) is 83.1 Å². The fourth-order valence-electron chi connectivity index (χ4n) is 3.44.